The third-order valence-electron chi connectivity index (χ3n) is 7.80. The van der Waals surface area contributed by atoms with Gasteiger partial charge < -0.3 is 0 Å². The SMILES string of the molecule is CC1CCC(C(C)C)C(C(C)([C]=O)C2CC(C)CCC2C(C)C)C1. The van der Waals surface area contributed by atoms with Gasteiger partial charge in [0, 0.05) is 5.41 Å². The Hall–Kier alpha value is -0.330. The molecule has 2 aliphatic carbocycles. The molecule has 2 fully saturated rings. The topological polar surface area (TPSA) is 17.1 Å². The van der Waals surface area contributed by atoms with Crippen LogP contribution in [0.25, 0.3) is 0 Å². The van der Waals surface area contributed by atoms with E-state index in [1.54, 1.807) is 0 Å². The van der Waals surface area contributed by atoms with Crippen LogP contribution in [0.2, 0.25) is 0 Å². The molecular formula is C23H41O. The highest BCUT2D eigenvalue weighted by molar-refractivity contribution is 5.61. The summed E-state index contributed by atoms with van der Waals surface area (Å²) in [5.41, 5.74) is -0.257. The summed E-state index contributed by atoms with van der Waals surface area (Å²) in [7, 11) is 0. The normalized spacial score (nSPS) is 40.5. The van der Waals surface area contributed by atoms with Crippen molar-refractivity contribution in [2.24, 2.45) is 52.8 Å². The van der Waals surface area contributed by atoms with E-state index in [9.17, 15) is 4.79 Å². The Bertz CT molecular complexity index is 378. The van der Waals surface area contributed by atoms with Crippen LogP contribution in [0, 0.1) is 52.8 Å². The summed E-state index contributed by atoms with van der Waals surface area (Å²) in [6.45, 7) is 16.5. The first-order valence-electron chi connectivity index (χ1n) is 10.6. The average molecular weight is 334 g/mol. The lowest BCUT2D eigenvalue weighted by atomic mass is 9.51. The lowest BCUT2D eigenvalue weighted by Gasteiger charge is -2.52. The fourth-order valence-corrected chi connectivity index (χ4v) is 6.21. The Morgan fingerprint density at radius 2 is 1.17 bits per heavy atom. The zero-order chi connectivity index (χ0) is 18.1. The molecule has 0 heterocycles. The van der Waals surface area contributed by atoms with Gasteiger partial charge >= 0.3 is 0 Å². The summed E-state index contributed by atoms with van der Waals surface area (Å²) in [6, 6.07) is 0. The van der Waals surface area contributed by atoms with Crippen molar-refractivity contribution in [3.05, 3.63) is 0 Å². The summed E-state index contributed by atoms with van der Waals surface area (Å²) in [4.78, 5) is 12.4. The zero-order valence-corrected chi connectivity index (χ0v) is 17.3. The minimum Gasteiger partial charge on any atom is -0.290 e. The van der Waals surface area contributed by atoms with Crippen molar-refractivity contribution in [3.63, 3.8) is 0 Å². The monoisotopic (exact) mass is 333 g/mol. The highest BCUT2D eigenvalue weighted by atomic mass is 16.1. The second-order valence-corrected chi connectivity index (χ2v) is 10.2. The molecule has 6 unspecified atom stereocenters. The van der Waals surface area contributed by atoms with Crippen molar-refractivity contribution in [1.82, 2.24) is 0 Å². The highest BCUT2D eigenvalue weighted by Gasteiger charge is 2.51. The minimum atomic E-state index is -0.257. The van der Waals surface area contributed by atoms with Crippen molar-refractivity contribution in [2.45, 2.75) is 87.0 Å². The van der Waals surface area contributed by atoms with Gasteiger partial charge in [-0.05, 0) is 73.0 Å². The van der Waals surface area contributed by atoms with Gasteiger partial charge in [0.1, 0.15) is 0 Å². The molecule has 139 valence electrons. The summed E-state index contributed by atoms with van der Waals surface area (Å²) in [6.07, 6.45) is 10.4. The smallest absolute Gasteiger partial charge is 0.205 e. The number of carbonyl (C=O) groups excluding carboxylic acids is 1. The molecular weight excluding hydrogens is 292 g/mol. The molecule has 0 aliphatic heterocycles. The third kappa shape index (κ3) is 3.91. The molecule has 1 heteroatoms. The van der Waals surface area contributed by atoms with Crippen molar-refractivity contribution in [2.75, 3.05) is 0 Å². The van der Waals surface area contributed by atoms with Crippen LogP contribution >= 0.6 is 0 Å². The molecule has 0 N–H and O–H groups in total. The van der Waals surface area contributed by atoms with E-state index in [4.69, 9.17) is 0 Å². The van der Waals surface area contributed by atoms with Crippen molar-refractivity contribution < 1.29 is 4.79 Å². The second-order valence-electron chi connectivity index (χ2n) is 10.2. The molecule has 2 saturated carbocycles. The lowest BCUT2D eigenvalue weighted by molar-refractivity contribution is -0.0201. The zero-order valence-electron chi connectivity index (χ0n) is 17.3. The number of rotatable bonds is 5. The van der Waals surface area contributed by atoms with Crippen LogP contribution in [0.5, 0.6) is 0 Å². The maximum atomic E-state index is 12.4. The highest BCUT2D eigenvalue weighted by Crippen LogP contribution is 2.55. The van der Waals surface area contributed by atoms with E-state index in [0.717, 1.165) is 11.8 Å². The molecule has 0 aromatic carbocycles. The van der Waals surface area contributed by atoms with Crippen LogP contribution in [0.3, 0.4) is 0 Å². The van der Waals surface area contributed by atoms with E-state index >= 15 is 0 Å². The first-order chi connectivity index (χ1) is 11.2. The van der Waals surface area contributed by atoms with Gasteiger partial charge in [-0.25, -0.2) is 0 Å². The van der Waals surface area contributed by atoms with Gasteiger partial charge in [-0.15, -0.1) is 0 Å². The first-order valence-corrected chi connectivity index (χ1v) is 10.6. The van der Waals surface area contributed by atoms with Crippen LogP contribution in [0.1, 0.15) is 87.0 Å². The molecule has 1 nitrogen and oxygen atoms in total. The summed E-state index contributed by atoms with van der Waals surface area (Å²) in [5.74, 6) is 5.30. The van der Waals surface area contributed by atoms with Crippen LogP contribution in [0.15, 0.2) is 0 Å². The molecule has 2 aliphatic rings. The van der Waals surface area contributed by atoms with Crippen molar-refractivity contribution >= 4 is 6.29 Å². The van der Waals surface area contributed by atoms with Crippen molar-refractivity contribution in [3.8, 4) is 0 Å². The maximum Gasteiger partial charge on any atom is 0.205 e. The van der Waals surface area contributed by atoms with Gasteiger partial charge in [0.2, 0.25) is 6.29 Å². The van der Waals surface area contributed by atoms with Crippen LogP contribution in [-0.4, -0.2) is 6.29 Å². The van der Waals surface area contributed by atoms with E-state index in [1.807, 2.05) is 0 Å². The van der Waals surface area contributed by atoms with E-state index in [1.165, 1.54) is 38.5 Å². The molecule has 0 amide bonds. The molecule has 2 rings (SSSR count). The predicted octanol–water partition coefficient (Wildman–Crippen LogP) is 6.52. The minimum absolute atomic E-state index is 0.257. The van der Waals surface area contributed by atoms with Gasteiger partial charge in [-0.1, -0.05) is 61.3 Å². The van der Waals surface area contributed by atoms with Crippen molar-refractivity contribution in [1.29, 1.82) is 0 Å². The number of hydrogen-bond donors (Lipinski definition) is 0. The largest absolute Gasteiger partial charge is 0.290 e. The first kappa shape index (κ1) is 20.0. The van der Waals surface area contributed by atoms with Gasteiger partial charge in [0.05, 0.1) is 0 Å². The quantitative estimate of drug-likeness (QED) is 0.560. The number of hydrogen-bond acceptors (Lipinski definition) is 1. The summed E-state index contributed by atoms with van der Waals surface area (Å²) < 4.78 is 0. The summed E-state index contributed by atoms with van der Waals surface area (Å²) >= 11 is 0. The molecule has 6 atom stereocenters. The van der Waals surface area contributed by atoms with E-state index in [-0.39, 0.29) is 5.41 Å². The van der Waals surface area contributed by atoms with Crippen LogP contribution in [-0.2, 0) is 4.79 Å². The second kappa shape index (κ2) is 7.92. The molecule has 0 spiro atoms. The van der Waals surface area contributed by atoms with E-state index in [0.29, 0.717) is 35.5 Å². The summed E-state index contributed by atoms with van der Waals surface area (Å²) in [5, 5.41) is 0. The Morgan fingerprint density at radius 3 is 1.46 bits per heavy atom. The Morgan fingerprint density at radius 1 is 0.792 bits per heavy atom. The molecule has 0 saturated heterocycles. The average Bonchev–Trinajstić information content (AvgIpc) is 2.53. The Kier molecular flexibility index (Phi) is 6.59. The van der Waals surface area contributed by atoms with Gasteiger partial charge in [0.15, 0.2) is 0 Å². The van der Waals surface area contributed by atoms with Crippen LogP contribution in [0.4, 0.5) is 0 Å². The Balaban J connectivity index is 2.37. The molecule has 1 radical (unpaired) electrons. The fourth-order valence-electron chi connectivity index (χ4n) is 6.21. The predicted molar refractivity (Wildman–Crippen MR) is 103 cm³/mol. The standard InChI is InChI=1S/C23H41O/c1-15(2)19-10-8-17(5)12-21(19)23(7,14-24)22-13-18(6)9-11-20(22)16(3)4/h15-22H,8-13H2,1-7H3. The van der Waals surface area contributed by atoms with Crippen LogP contribution < -0.4 is 0 Å². The van der Waals surface area contributed by atoms with E-state index < -0.39 is 0 Å². The van der Waals surface area contributed by atoms with E-state index in [2.05, 4.69) is 54.8 Å². The molecule has 0 bridgehead atoms. The van der Waals surface area contributed by atoms with Gasteiger partial charge in [-0.2, -0.15) is 0 Å². The van der Waals surface area contributed by atoms with Gasteiger partial charge in [-0.3, -0.25) is 4.79 Å². The third-order valence-corrected chi connectivity index (χ3v) is 7.80. The fraction of sp³-hybridized carbons (Fsp3) is 0.957. The lowest BCUT2D eigenvalue weighted by Crippen LogP contribution is -2.49. The molecule has 24 heavy (non-hydrogen) atoms. The van der Waals surface area contributed by atoms with Gasteiger partial charge in [0.25, 0.3) is 0 Å². The Labute approximate surface area is 151 Å². The maximum absolute atomic E-state index is 12.4. The molecule has 0 aromatic rings. The molecule has 0 aromatic heterocycles.